The first-order valence-corrected chi connectivity index (χ1v) is 7.51. The van der Waals surface area contributed by atoms with Crippen LogP contribution >= 0.6 is 0 Å². The molecule has 1 saturated carbocycles. The van der Waals surface area contributed by atoms with Crippen LogP contribution in [0.25, 0.3) is 0 Å². The highest BCUT2D eigenvalue weighted by Gasteiger charge is 2.16. The van der Waals surface area contributed by atoms with Crippen LogP contribution in [0.2, 0.25) is 0 Å². The summed E-state index contributed by atoms with van der Waals surface area (Å²) >= 11 is 0. The molecule has 102 valence electrons. The second kappa shape index (κ2) is 6.76. The van der Waals surface area contributed by atoms with Gasteiger partial charge >= 0.3 is 0 Å². The third-order valence-corrected chi connectivity index (χ3v) is 3.98. The lowest BCUT2D eigenvalue weighted by Gasteiger charge is -2.21. The minimum atomic E-state index is 0.904. The van der Waals surface area contributed by atoms with Crippen LogP contribution < -0.4 is 5.32 Å². The minimum Gasteiger partial charge on any atom is -0.355 e. The van der Waals surface area contributed by atoms with Gasteiger partial charge in [-0.05, 0) is 26.2 Å². The molecule has 0 unspecified atom stereocenters. The molecule has 0 bridgehead atoms. The molecule has 0 amide bonds. The first-order chi connectivity index (χ1) is 8.85. The van der Waals surface area contributed by atoms with Crippen molar-refractivity contribution in [3.05, 3.63) is 5.82 Å². The van der Waals surface area contributed by atoms with Crippen LogP contribution in [-0.4, -0.2) is 21.3 Å². The van der Waals surface area contributed by atoms with E-state index in [2.05, 4.69) is 33.9 Å². The van der Waals surface area contributed by atoms with E-state index in [1.807, 2.05) is 0 Å². The van der Waals surface area contributed by atoms with Gasteiger partial charge in [-0.2, -0.15) is 0 Å². The number of hydrogen-bond donors (Lipinski definition) is 1. The zero-order chi connectivity index (χ0) is 12.8. The maximum absolute atomic E-state index is 4.34. The summed E-state index contributed by atoms with van der Waals surface area (Å²) < 4.78 is 2.21. The summed E-state index contributed by atoms with van der Waals surface area (Å²) in [6.45, 7) is 6.11. The molecule has 1 heterocycles. The third kappa shape index (κ3) is 3.24. The Morgan fingerprint density at radius 3 is 2.61 bits per heavy atom. The van der Waals surface area contributed by atoms with Crippen LogP contribution in [-0.2, 0) is 13.0 Å². The molecule has 2 rings (SSSR count). The number of anilines is 1. The Kier molecular flexibility index (Phi) is 5.02. The van der Waals surface area contributed by atoms with E-state index >= 15 is 0 Å². The molecule has 1 aliphatic carbocycles. The standard InChI is InChI=1S/C14H26N4/c1-3-15-14-17-16-13(18(14)4-2)11-10-12-8-6-5-7-9-12/h12H,3-11H2,1-2H3,(H,15,17). The van der Waals surface area contributed by atoms with Gasteiger partial charge in [0.2, 0.25) is 5.95 Å². The van der Waals surface area contributed by atoms with Crippen molar-refractivity contribution in [1.82, 2.24) is 14.8 Å². The molecule has 1 fully saturated rings. The summed E-state index contributed by atoms with van der Waals surface area (Å²) in [5.41, 5.74) is 0. The van der Waals surface area contributed by atoms with Crippen LogP contribution in [0.15, 0.2) is 0 Å². The Labute approximate surface area is 110 Å². The summed E-state index contributed by atoms with van der Waals surface area (Å²) in [4.78, 5) is 0. The van der Waals surface area contributed by atoms with Gasteiger partial charge in [0.15, 0.2) is 0 Å². The average molecular weight is 250 g/mol. The highest BCUT2D eigenvalue weighted by molar-refractivity contribution is 5.25. The summed E-state index contributed by atoms with van der Waals surface area (Å²) in [5.74, 6) is 3.00. The van der Waals surface area contributed by atoms with Crippen LogP contribution in [0.4, 0.5) is 5.95 Å². The van der Waals surface area contributed by atoms with Crippen molar-refractivity contribution in [1.29, 1.82) is 0 Å². The molecule has 0 saturated heterocycles. The van der Waals surface area contributed by atoms with Crippen molar-refractivity contribution in [3.63, 3.8) is 0 Å². The lowest BCUT2D eigenvalue weighted by molar-refractivity contribution is 0.336. The van der Waals surface area contributed by atoms with E-state index in [4.69, 9.17) is 0 Å². The third-order valence-electron chi connectivity index (χ3n) is 3.98. The Balaban J connectivity index is 1.91. The van der Waals surface area contributed by atoms with Crippen molar-refractivity contribution in [2.45, 2.75) is 65.3 Å². The van der Waals surface area contributed by atoms with Gasteiger partial charge in [-0.15, -0.1) is 10.2 Å². The number of hydrogen-bond acceptors (Lipinski definition) is 3. The Hall–Kier alpha value is -1.06. The van der Waals surface area contributed by atoms with E-state index in [9.17, 15) is 0 Å². The number of aromatic nitrogens is 3. The molecule has 1 aromatic rings. The van der Waals surface area contributed by atoms with Crippen LogP contribution in [0.1, 0.15) is 58.2 Å². The Morgan fingerprint density at radius 2 is 1.94 bits per heavy atom. The predicted molar refractivity (Wildman–Crippen MR) is 74.8 cm³/mol. The van der Waals surface area contributed by atoms with Crippen molar-refractivity contribution >= 4 is 5.95 Å². The van der Waals surface area contributed by atoms with E-state index in [1.54, 1.807) is 0 Å². The Morgan fingerprint density at radius 1 is 1.17 bits per heavy atom. The van der Waals surface area contributed by atoms with E-state index in [1.165, 1.54) is 38.5 Å². The molecule has 4 nitrogen and oxygen atoms in total. The molecule has 1 N–H and O–H groups in total. The van der Waals surface area contributed by atoms with Crippen LogP contribution in [0, 0.1) is 5.92 Å². The van der Waals surface area contributed by atoms with Gasteiger partial charge in [-0.3, -0.25) is 4.57 Å². The molecule has 0 radical (unpaired) electrons. The fourth-order valence-corrected chi connectivity index (χ4v) is 2.95. The normalized spacial score (nSPS) is 17.0. The monoisotopic (exact) mass is 250 g/mol. The smallest absolute Gasteiger partial charge is 0.224 e. The van der Waals surface area contributed by atoms with Gasteiger partial charge in [-0.25, -0.2) is 0 Å². The van der Waals surface area contributed by atoms with Crippen LogP contribution in [0.3, 0.4) is 0 Å². The number of aryl methyl sites for hydroxylation is 1. The Bertz CT molecular complexity index is 353. The zero-order valence-electron chi connectivity index (χ0n) is 11.8. The van der Waals surface area contributed by atoms with Crippen LogP contribution in [0.5, 0.6) is 0 Å². The largest absolute Gasteiger partial charge is 0.355 e. The second-order valence-electron chi connectivity index (χ2n) is 5.26. The fraction of sp³-hybridized carbons (Fsp3) is 0.857. The molecular formula is C14H26N4. The quantitative estimate of drug-likeness (QED) is 0.842. The van der Waals surface area contributed by atoms with Crippen molar-refractivity contribution in [3.8, 4) is 0 Å². The second-order valence-corrected chi connectivity index (χ2v) is 5.26. The van der Waals surface area contributed by atoms with Gasteiger partial charge in [0, 0.05) is 19.5 Å². The topological polar surface area (TPSA) is 42.7 Å². The van der Waals surface area contributed by atoms with Crippen molar-refractivity contribution in [2.24, 2.45) is 5.92 Å². The lowest BCUT2D eigenvalue weighted by atomic mass is 9.86. The summed E-state index contributed by atoms with van der Waals surface area (Å²) in [6, 6.07) is 0. The van der Waals surface area contributed by atoms with E-state index in [-0.39, 0.29) is 0 Å². The van der Waals surface area contributed by atoms with E-state index in [0.29, 0.717) is 0 Å². The maximum atomic E-state index is 4.34. The molecular weight excluding hydrogens is 224 g/mol. The number of nitrogens with one attached hydrogen (secondary N) is 1. The molecule has 4 heteroatoms. The summed E-state index contributed by atoms with van der Waals surface area (Å²) in [5, 5.41) is 11.9. The first kappa shape index (κ1) is 13.4. The first-order valence-electron chi connectivity index (χ1n) is 7.51. The zero-order valence-corrected chi connectivity index (χ0v) is 11.8. The molecule has 0 aliphatic heterocycles. The highest BCUT2D eigenvalue weighted by Crippen LogP contribution is 2.27. The van der Waals surface area contributed by atoms with E-state index < -0.39 is 0 Å². The molecule has 0 atom stereocenters. The van der Waals surface area contributed by atoms with Gasteiger partial charge in [-0.1, -0.05) is 32.1 Å². The SMILES string of the molecule is CCNc1nnc(CCC2CCCCC2)n1CC. The van der Waals surface area contributed by atoms with Crippen molar-refractivity contribution < 1.29 is 0 Å². The van der Waals surface area contributed by atoms with Gasteiger partial charge in [0.1, 0.15) is 5.82 Å². The molecule has 18 heavy (non-hydrogen) atoms. The fourth-order valence-electron chi connectivity index (χ4n) is 2.95. The molecule has 0 spiro atoms. The van der Waals surface area contributed by atoms with Gasteiger partial charge < -0.3 is 5.32 Å². The van der Waals surface area contributed by atoms with Gasteiger partial charge in [0.05, 0.1) is 0 Å². The number of rotatable bonds is 6. The maximum Gasteiger partial charge on any atom is 0.224 e. The summed E-state index contributed by atoms with van der Waals surface area (Å²) in [6.07, 6.45) is 9.48. The molecule has 0 aromatic carbocycles. The highest BCUT2D eigenvalue weighted by atomic mass is 15.3. The minimum absolute atomic E-state index is 0.904. The average Bonchev–Trinajstić information content (AvgIpc) is 2.80. The van der Waals surface area contributed by atoms with Gasteiger partial charge in [0.25, 0.3) is 0 Å². The lowest BCUT2D eigenvalue weighted by Crippen LogP contribution is -2.11. The van der Waals surface area contributed by atoms with Crippen molar-refractivity contribution in [2.75, 3.05) is 11.9 Å². The number of nitrogens with zero attached hydrogens (tertiary/aromatic N) is 3. The molecule has 1 aliphatic rings. The van der Waals surface area contributed by atoms with E-state index in [0.717, 1.165) is 37.2 Å². The predicted octanol–water partition coefficient (Wildman–Crippen LogP) is 3.24. The molecule has 1 aromatic heterocycles. The summed E-state index contributed by atoms with van der Waals surface area (Å²) in [7, 11) is 0.